The molecule has 0 radical (unpaired) electrons. The summed E-state index contributed by atoms with van der Waals surface area (Å²) in [6.07, 6.45) is 0.852. The molecule has 5 nitrogen and oxygen atoms in total. The molecule has 0 aliphatic rings. The van der Waals surface area contributed by atoms with E-state index in [-0.39, 0.29) is 5.91 Å². The molecule has 18 heavy (non-hydrogen) atoms. The van der Waals surface area contributed by atoms with Crippen molar-refractivity contribution in [3.8, 4) is 0 Å². The van der Waals surface area contributed by atoms with Gasteiger partial charge in [-0.15, -0.1) is 0 Å². The first-order chi connectivity index (χ1) is 7.79. The van der Waals surface area contributed by atoms with E-state index in [1.54, 1.807) is 27.7 Å². The minimum absolute atomic E-state index is 0.173. The van der Waals surface area contributed by atoms with Crippen LogP contribution in [0, 0.1) is 5.41 Å². The van der Waals surface area contributed by atoms with Gasteiger partial charge in [-0.3, -0.25) is 9.59 Å². The fraction of sp³-hybridized carbons (Fsp3) is 0.846. The van der Waals surface area contributed by atoms with Crippen molar-refractivity contribution in [1.29, 1.82) is 0 Å². The zero-order valence-corrected chi connectivity index (χ0v) is 12.3. The van der Waals surface area contributed by atoms with Crippen molar-refractivity contribution in [2.24, 2.45) is 11.1 Å². The summed E-state index contributed by atoms with van der Waals surface area (Å²) in [6.45, 7) is 10.3. The third-order valence-corrected chi connectivity index (χ3v) is 3.55. The van der Waals surface area contributed by atoms with Gasteiger partial charge in [-0.2, -0.15) is 0 Å². The normalized spacial score (nSPS) is 13.3. The Morgan fingerprint density at radius 2 is 1.56 bits per heavy atom. The van der Waals surface area contributed by atoms with Crippen LogP contribution in [0.2, 0.25) is 0 Å². The molecule has 106 valence electrons. The topological polar surface area (TPSA) is 92.4 Å². The molecule has 0 saturated heterocycles. The molecule has 0 aliphatic heterocycles. The molecule has 0 rings (SSSR count). The molecule has 0 aromatic carbocycles. The van der Waals surface area contributed by atoms with Gasteiger partial charge in [0.15, 0.2) is 0 Å². The van der Waals surface area contributed by atoms with Crippen molar-refractivity contribution in [3.05, 3.63) is 0 Å². The third kappa shape index (κ3) is 4.64. The lowest BCUT2D eigenvalue weighted by atomic mass is 9.74. The van der Waals surface area contributed by atoms with Gasteiger partial charge in [-0.1, -0.05) is 0 Å². The molecule has 0 bridgehead atoms. The van der Waals surface area contributed by atoms with Crippen LogP contribution < -0.4 is 11.1 Å². The Bertz CT molecular complexity index is 328. The van der Waals surface area contributed by atoms with Gasteiger partial charge < -0.3 is 16.2 Å². The third-order valence-electron chi connectivity index (χ3n) is 3.55. The van der Waals surface area contributed by atoms with Gasteiger partial charge in [-0.25, -0.2) is 0 Å². The van der Waals surface area contributed by atoms with Crippen LogP contribution in [0.3, 0.4) is 0 Å². The van der Waals surface area contributed by atoms with Crippen molar-refractivity contribution in [2.45, 2.75) is 65.5 Å². The highest BCUT2D eigenvalue weighted by Crippen LogP contribution is 2.30. The average Bonchev–Trinajstić information content (AvgIpc) is 2.12. The highest BCUT2D eigenvalue weighted by molar-refractivity contribution is 5.80. The molecular formula is C13H26N2O3. The standard InChI is InChI=1S/C13H26N2O3/c1-11(2,14)8-7-9(16)15-13(5,6)12(3,4)10(17)18/h7-8,14H2,1-6H3,(H,15,16)(H,17,18). The lowest BCUT2D eigenvalue weighted by Gasteiger charge is -2.39. The molecular weight excluding hydrogens is 232 g/mol. The fourth-order valence-electron chi connectivity index (χ4n) is 1.27. The monoisotopic (exact) mass is 258 g/mol. The zero-order valence-electron chi connectivity index (χ0n) is 12.3. The van der Waals surface area contributed by atoms with Gasteiger partial charge >= 0.3 is 5.97 Å². The van der Waals surface area contributed by atoms with Gasteiger partial charge in [0.1, 0.15) is 0 Å². The number of aliphatic carboxylic acids is 1. The van der Waals surface area contributed by atoms with E-state index in [1.165, 1.54) is 0 Å². The predicted molar refractivity (Wildman–Crippen MR) is 71.1 cm³/mol. The summed E-state index contributed by atoms with van der Waals surface area (Å²) in [5.74, 6) is -1.11. The number of carbonyl (C=O) groups is 2. The van der Waals surface area contributed by atoms with Crippen LogP contribution in [0.15, 0.2) is 0 Å². The van der Waals surface area contributed by atoms with Gasteiger partial charge in [0, 0.05) is 17.5 Å². The summed E-state index contributed by atoms with van der Waals surface area (Å²) in [7, 11) is 0. The molecule has 0 unspecified atom stereocenters. The number of hydrogen-bond acceptors (Lipinski definition) is 3. The Morgan fingerprint density at radius 1 is 1.11 bits per heavy atom. The first-order valence-corrected chi connectivity index (χ1v) is 6.13. The van der Waals surface area contributed by atoms with Crippen LogP contribution in [0.1, 0.15) is 54.4 Å². The van der Waals surface area contributed by atoms with Gasteiger partial charge in [-0.05, 0) is 48.0 Å². The quantitative estimate of drug-likeness (QED) is 0.673. The zero-order chi connectivity index (χ0) is 14.8. The van der Waals surface area contributed by atoms with Crippen LogP contribution in [0.25, 0.3) is 0 Å². The molecule has 0 saturated carbocycles. The number of hydrogen-bond donors (Lipinski definition) is 3. The maximum absolute atomic E-state index is 11.8. The highest BCUT2D eigenvalue weighted by atomic mass is 16.4. The van der Waals surface area contributed by atoms with Crippen molar-refractivity contribution < 1.29 is 14.7 Å². The minimum atomic E-state index is -1.04. The summed E-state index contributed by atoms with van der Waals surface area (Å²) in [5.41, 5.74) is 3.54. The Hall–Kier alpha value is -1.10. The molecule has 0 fully saturated rings. The van der Waals surface area contributed by atoms with E-state index in [9.17, 15) is 14.7 Å². The van der Waals surface area contributed by atoms with Crippen LogP contribution in [-0.2, 0) is 9.59 Å². The second-order valence-corrected chi connectivity index (χ2v) is 6.59. The van der Waals surface area contributed by atoms with Crippen LogP contribution in [0.4, 0.5) is 0 Å². The maximum Gasteiger partial charge on any atom is 0.311 e. The summed E-state index contributed by atoms with van der Waals surface area (Å²) < 4.78 is 0. The van der Waals surface area contributed by atoms with E-state index in [1.807, 2.05) is 13.8 Å². The smallest absolute Gasteiger partial charge is 0.311 e. The number of carboxylic acid groups (broad SMARTS) is 1. The van der Waals surface area contributed by atoms with Crippen LogP contribution in [-0.4, -0.2) is 28.1 Å². The van der Waals surface area contributed by atoms with E-state index >= 15 is 0 Å². The minimum Gasteiger partial charge on any atom is -0.481 e. The molecule has 5 heteroatoms. The second-order valence-electron chi connectivity index (χ2n) is 6.59. The Morgan fingerprint density at radius 3 is 1.89 bits per heavy atom. The van der Waals surface area contributed by atoms with Gasteiger partial charge in [0.25, 0.3) is 0 Å². The van der Waals surface area contributed by atoms with E-state index < -0.39 is 22.5 Å². The highest BCUT2D eigenvalue weighted by Gasteiger charge is 2.44. The van der Waals surface area contributed by atoms with Gasteiger partial charge in [0.05, 0.1) is 5.41 Å². The van der Waals surface area contributed by atoms with Crippen LogP contribution >= 0.6 is 0 Å². The summed E-state index contributed by atoms with van der Waals surface area (Å²) in [5, 5.41) is 12.0. The van der Waals surface area contributed by atoms with E-state index in [0.717, 1.165) is 0 Å². The molecule has 0 aromatic rings. The Balaban J connectivity index is 4.60. The molecule has 0 atom stereocenters. The van der Waals surface area contributed by atoms with Crippen molar-refractivity contribution in [3.63, 3.8) is 0 Å². The SMILES string of the molecule is CC(C)(N)CCC(=O)NC(C)(C)C(C)(C)C(=O)O. The Labute approximate surface area is 109 Å². The number of carboxylic acids is 1. The summed E-state index contributed by atoms with van der Waals surface area (Å²) in [4.78, 5) is 23.0. The maximum atomic E-state index is 11.8. The lowest BCUT2D eigenvalue weighted by molar-refractivity contribution is -0.151. The second kappa shape index (κ2) is 5.26. The first kappa shape index (κ1) is 16.9. The van der Waals surface area contributed by atoms with Crippen LogP contribution in [0.5, 0.6) is 0 Å². The number of nitrogens with one attached hydrogen (secondary N) is 1. The predicted octanol–water partition coefficient (Wildman–Crippen LogP) is 1.51. The van der Waals surface area contributed by atoms with E-state index in [0.29, 0.717) is 12.8 Å². The molecule has 0 aliphatic carbocycles. The van der Waals surface area contributed by atoms with Crippen molar-refractivity contribution >= 4 is 11.9 Å². The van der Waals surface area contributed by atoms with E-state index in [2.05, 4.69) is 5.32 Å². The molecule has 0 aromatic heterocycles. The average molecular weight is 258 g/mol. The van der Waals surface area contributed by atoms with Crippen molar-refractivity contribution in [2.75, 3.05) is 0 Å². The first-order valence-electron chi connectivity index (χ1n) is 6.13. The van der Waals surface area contributed by atoms with Crippen molar-refractivity contribution in [1.82, 2.24) is 5.32 Å². The molecule has 0 heterocycles. The summed E-state index contributed by atoms with van der Waals surface area (Å²) in [6, 6.07) is 0. The number of amides is 1. The molecule has 4 N–H and O–H groups in total. The number of nitrogens with two attached hydrogens (primary N) is 1. The van der Waals surface area contributed by atoms with E-state index in [4.69, 9.17) is 5.73 Å². The lowest BCUT2D eigenvalue weighted by Crippen LogP contribution is -2.57. The Kier molecular flexibility index (Phi) is 4.94. The fourth-order valence-corrected chi connectivity index (χ4v) is 1.27. The molecule has 1 amide bonds. The van der Waals surface area contributed by atoms with Gasteiger partial charge in [0.2, 0.25) is 5.91 Å². The number of carbonyl (C=O) groups excluding carboxylic acids is 1. The number of rotatable bonds is 6. The molecule has 0 spiro atoms. The summed E-state index contributed by atoms with van der Waals surface area (Å²) >= 11 is 0. The largest absolute Gasteiger partial charge is 0.481 e.